The monoisotopic (exact) mass is 180 g/mol. The maximum absolute atomic E-state index is 9.35. The quantitative estimate of drug-likeness (QED) is 0.472. The molecule has 0 saturated heterocycles. The Bertz CT molecular complexity index is 164. The number of aliphatic hydroxyl groups excluding tert-OH is 1. The predicted molar refractivity (Wildman–Crippen MR) is 57.4 cm³/mol. The highest BCUT2D eigenvalue weighted by atomic mass is 16.3. The van der Waals surface area contributed by atoms with Crippen LogP contribution in [-0.2, 0) is 0 Å². The molecule has 0 spiro atoms. The van der Waals surface area contributed by atoms with E-state index in [0.717, 1.165) is 12.8 Å². The molecule has 0 rings (SSSR count). The number of rotatable bonds is 7. The molecular formula is C12H20O. The first-order valence-corrected chi connectivity index (χ1v) is 5.12. The van der Waals surface area contributed by atoms with Gasteiger partial charge >= 0.3 is 0 Å². The number of unbranched alkanes of at least 4 members (excludes halogenated alkanes) is 4. The zero-order valence-electron chi connectivity index (χ0n) is 8.50. The van der Waals surface area contributed by atoms with E-state index in [2.05, 4.69) is 12.8 Å². The van der Waals surface area contributed by atoms with Crippen LogP contribution < -0.4 is 0 Å². The van der Waals surface area contributed by atoms with Gasteiger partial charge in [-0.2, -0.15) is 0 Å². The molecule has 0 heterocycles. The Morgan fingerprint density at radius 2 is 2.00 bits per heavy atom. The summed E-state index contributed by atoms with van der Waals surface area (Å²) in [4.78, 5) is 0. The van der Waals surface area contributed by atoms with Gasteiger partial charge in [-0.25, -0.2) is 0 Å². The second kappa shape index (κ2) is 9.35. The first-order valence-electron chi connectivity index (χ1n) is 5.12. The second-order valence-electron chi connectivity index (χ2n) is 3.30. The molecule has 0 radical (unpaired) electrons. The average molecular weight is 180 g/mol. The Labute approximate surface area is 81.9 Å². The van der Waals surface area contributed by atoms with E-state index in [1.165, 1.54) is 25.7 Å². The zero-order valence-corrected chi connectivity index (χ0v) is 8.50. The highest BCUT2D eigenvalue weighted by Gasteiger charge is 1.97. The third kappa shape index (κ3) is 9.17. The van der Waals surface area contributed by atoms with Crippen molar-refractivity contribution in [1.82, 2.24) is 0 Å². The third-order valence-corrected chi connectivity index (χ3v) is 2.02. The van der Waals surface area contributed by atoms with Crippen LogP contribution in [0.2, 0.25) is 0 Å². The number of allylic oxidation sites excluding steroid dienone is 1. The van der Waals surface area contributed by atoms with E-state index >= 15 is 0 Å². The van der Waals surface area contributed by atoms with Crippen molar-refractivity contribution in [2.75, 3.05) is 0 Å². The molecule has 0 fully saturated rings. The van der Waals surface area contributed by atoms with Crippen LogP contribution in [-0.4, -0.2) is 11.2 Å². The van der Waals surface area contributed by atoms with Crippen LogP contribution in [0.4, 0.5) is 0 Å². The summed E-state index contributed by atoms with van der Waals surface area (Å²) in [6, 6.07) is 0. The summed E-state index contributed by atoms with van der Waals surface area (Å²) in [5.41, 5.74) is 0. The lowest BCUT2D eigenvalue weighted by Gasteiger charge is -2.03. The zero-order chi connectivity index (χ0) is 9.94. The molecule has 0 amide bonds. The summed E-state index contributed by atoms with van der Waals surface area (Å²) in [7, 11) is 0. The summed E-state index contributed by atoms with van der Waals surface area (Å²) in [5, 5.41) is 9.35. The highest BCUT2D eigenvalue weighted by molar-refractivity contribution is 5.10. The van der Waals surface area contributed by atoms with Gasteiger partial charge in [-0.1, -0.05) is 44.9 Å². The lowest BCUT2D eigenvalue weighted by Crippen LogP contribution is -2.01. The highest BCUT2D eigenvalue weighted by Crippen LogP contribution is 2.07. The van der Waals surface area contributed by atoms with Crippen molar-refractivity contribution in [1.29, 1.82) is 0 Å². The van der Waals surface area contributed by atoms with Crippen LogP contribution in [0.5, 0.6) is 0 Å². The Morgan fingerprint density at radius 1 is 1.31 bits per heavy atom. The fourth-order valence-electron chi connectivity index (χ4n) is 1.22. The van der Waals surface area contributed by atoms with Gasteiger partial charge < -0.3 is 5.11 Å². The molecule has 0 aliphatic rings. The van der Waals surface area contributed by atoms with E-state index in [1.54, 1.807) is 12.2 Å². The van der Waals surface area contributed by atoms with E-state index in [-0.39, 0.29) is 6.10 Å². The number of hydrogen-bond acceptors (Lipinski definition) is 1. The molecule has 1 heteroatoms. The molecule has 0 aromatic rings. The molecule has 0 saturated carbocycles. The third-order valence-electron chi connectivity index (χ3n) is 2.02. The summed E-state index contributed by atoms with van der Waals surface area (Å²) in [6.45, 7) is 2.20. The molecule has 0 aliphatic carbocycles. The van der Waals surface area contributed by atoms with Crippen LogP contribution in [0.15, 0.2) is 12.2 Å². The van der Waals surface area contributed by atoms with E-state index in [1.807, 2.05) is 0 Å². The Kier molecular flexibility index (Phi) is 8.82. The largest absolute Gasteiger partial charge is 0.389 e. The first-order chi connectivity index (χ1) is 6.31. The van der Waals surface area contributed by atoms with Gasteiger partial charge in [-0.15, -0.1) is 6.42 Å². The van der Waals surface area contributed by atoms with Gasteiger partial charge in [0.1, 0.15) is 0 Å². The van der Waals surface area contributed by atoms with Crippen LogP contribution in [0.1, 0.15) is 45.4 Å². The lowest BCUT2D eigenvalue weighted by atomic mass is 10.1. The van der Waals surface area contributed by atoms with E-state index in [0.29, 0.717) is 0 Å². The number of hydrogen-bond donors (Lipinski definition) is 1. The predicted octanol–water partition coefficient (Wildman–Crippen LogP) is 2.90. The Morgan fingerprint density at radius 3 is 2.62 bits per heavy atom. The average Bonchev–Trinajstić information content (AvgIpc) is 2.14. The summed E-state index contributed by atoms with van der Waals surface area (Å²) in [5.74, 6) is 2.37. The van der Waals surface area contributed by atoms with Gasteiger partial charge in [0.25, 0.3) is 0 Å². The van der Waals surface area contributed by atoms with Gasteiger partial charge in [-0.3, -0.25) is 0 Å². The molecule has 1 N–H and O–H groups in total. The molecule has 74 valence electrons. The molecule has 0 aromatic heterocycles. The summed E-state index contributed by atoms with van der Waals surface area (Å²) < 4.78 is 0. The van der Waals surface area contributed by atoms with Crippen molar-refractivity contribution >= 4 is 0 Å². The second-order valence-corrected chi connectivity index (χ2v) is 3.30. The maximum atomic E-state index is 9.35. The van der Waals surface area contributed by atoms with Gasteiger partial charge in [0.2, 0.25) is 0 Å². The molecule has 1 nitrogen and oxygen atoms in total. The van der Waals surface area contributed by atoms with E-state index in [9.17, 15) is 5.11 Å². The van der Waals surface area contributed by atoms with Crippen molar-refractivity contribution in [3.05, 3.63) is 12.2 Å². The Hall–Kier alpha value is -0.740. The minimum Gasteiger partial charge on any atom is -0.389 e. The topological polar surface area (TPSA) is 20.2 Å². The maximum Gasteiger partial charge on any atom is 0.0730 e. The van der Waals surface area contributed by atoms with Crippen molar-refractivity contribution in [3.8, 4) is 12.3 Å². The van der Waals surface area contributed by atoms with Crippen molar-refractivity contribution in [2.24, 2.45) is 0 Å². The first kappa shape index (κ1) is 12.3. The van der Waals surface area contributed by atoms with E-state index in [4.69, 9.17) is 6.42 Å². The van der Waals surface area contributed by atoms with Crippen LogP contribution in [0, 0.1) is 12.3 Å². The molecule has 0 aromatic carbocycles. The van der Waals surface area contributed by atoms with Gasteiger partial charge in [0.05, 0.1) is 6.10 Å². The normalized spacial score (nSPS) is 13.0. The minimum absolute atomic E-state index is 0.349. The van der Waals surface area contributed by atoms with E-state index < -0.39 is 0 Å². The fourth-order valence-corrected chi connectivity index (χ4v) is 1.22. The summed E-state index contributed by atoms with van der Waals surface area (Å²) in [6.07, 6.45) is 14.9. The van der Waals surface area contributed by atoms with Gasteiger partial charge in [-0.05, 0) is 18.6 Å². The lowest BCUT2D eigenvalue weighted by molar-refractivity contribution is 0.208. The van der Waals surface area contributed by atoms with Crippen LogP contribution >= 0.6 is 0 Å². The van der Waals surface area contributed by atoms with Crippen LogP contribution in [0.3, 0.4) is 0 Å². The molecule has 0 bridgehead atoms. The number of aliphatic hydroxyl groups is 1. The fraction of sp³-hybridized carbons (Fsp3) is 0.667. The van der Waals surface area contributed by atoms with Crippen molar-refractivity contribution < 1.29 is 5.11 Å². The Balaban J connectivity index is 3.22. The SMILES string of the molecule is C#C/C=C/C(O)CCCCCCC. The molecule has 13 heavy (non-hydrogen) atoms. The molecular weight excluding hydrogens is 160 g/mol. The molecule has 0 aliphatic heterocycles. The van der Waals surface area contributed by atoms with Crippen molar-refractivity contribution in [3.63, 3.8) is 0 Å². The molecule has 1 unspecified atom stereocenters. The number of terminal acetylenes is 1. The van der Waals surface area contributed by atoms with Crippen LogP contribution in [0.25, 0.3) is 0 Å². The van der Waals surface area contributed by atoms with Gasteiger partial charge in [0, 0.05) is 0 Å². The van der Waals surface area contributed by atoms with Gasteiger partial charge in [0.15, 0.2) is 0 Å². The summed E-state index contributed by atoms with van der Waals surface area (Å²) >= 11 is 0. The minimum atomic E-state index is -0.349. The standard InChI is InChI=1S/C12H20O/c1-3-5-7-8-9-11-12(13)10-6-4-2/h2,6,10,12-13H,3,5,7-9,11H2,1H3/b10-6+. The molecule has 1 atom stereocenters. The smallest absolute Gasteiger partial charge is 0.0730 e. The van der Waals surface area contributed by atoms with Crippen molar-refractivity contribution in [2.45, 2.75) is 51.6 Å².